The molecule has 22 heavy (non-hydrogen) atoms. The third-order valence-corrected chi connectivity index (χ3v) is 3.59. The van der Waals surface area contributed by atoms with Crippen LogP contribution in [0.25, 0.3) is 5.82 Å². The SMILES string of the molecule is O=C(OCc1ccc(-n2ccnc2)nc1)c1cc(Cl)c(Cl)[nH]1. The van der Waals surface area contributed by atoms with Gasteiger partial charge in [0.15, 0.2) is 0 Å². The molecule has 0 aliphatic carbocycles. The minimum Gasteiger partial charge on any atom is -0.456 e. The summed E-state index contributed by atoms with van der Waals surface area (Å²) < 4.78 is 6.94. The number of hydrogen-bond acceptors (Lipinski definition) is 4. The van der Waals surface area contributed by atoms with Crippen molar-refractivity contribution in [3.05, 3.63) is 64.6 Å². The van der Waals surface area contributed by atoms with E-state index in [-0.39, 0.29) is 22.5 Å². The van der Waals surface area contributed by atoms with Crippen molar-refractivity contribution in [2.75, 3.05) is 0 Å². The summed E-state index contributed by atoms with van der Waals surface area (Å²) in [5, 5.41) is 0.486. The van der Waals surface area contributed by atoms with E-state index in [0.717, 1.165) is 11.4 Å². The van der Waals surface area contributed by atoms with E-state index >= 15 is 0 Å². The van der Waals surface area contributed by atoms with Crippen LogP contribution in [-0.2, 0) is 11.3 Å². The minimum atomic E-state index is -0.535. The zero-order valence-electron chi connectivity index (χ0n) is 11.2. The number of aromatic nitrogens is 4. The molecule has 0 aliphatic heterocycles. The molecular formula is C14H10Cl2N4O2. The van der Waals surface area contributed by atoms with E-state index in [0.29, 0.717) is 0 Å². The van der Waals surface area contributed by atoms with E-state index in [4.69, 9.17) is 27.9 Å². The van der Waals surface area contributed by atoms with E-state index < -0.39 is 5.97 Å². The number of carbonyl (C=O) groups excluding carboxylic acids is 1. The number of aromatic amines is 1. The van der Waals surface area contributed by atoms with Crippen molar-refractivity contribution in [3.8, 4) is 5.82 Å². The fourth-order valence-corrected chi connectivity index (χ4v) is 2.10. The summed E-state index contributed by atoms with van der Waals surface area (Å²) in [6, 6.07) is 5.06. The molecule has 1 N–H and O–H groups in total. The summed E-state index contributed by atoms with van der Waals surface area (Å²) in [6.45, 7) is 0.101. The van der Waals surface area contributed by atoms with Gasteiger partial charge in [-0.05, 0) is 12.1 Å². The number of hydrogen-bond donors (Lipinski definition) is 1. The van der Waals surface area contributed by atoms with Crippen LogP contribution in [0.3, 0.4) is 0 Å². The Balaban J connectivity index is 1.63. The molecule has 0 aliphatic rings. The highest BCUT2D eigenvalue weighted by Crippen LogP contribution is 2.22. The molecule has 0 aromatic carbocycles. The molecule has 0 fully saturated rings. The van der Waals surface area contributed by atoms with E-state index in [2.05, 4.69) is 15.0 Å². The molecular weight excluding hydrogens is 327 g/mol. The molecule has 0 saturated heterocycles. The minimum absolute atomic E-state index is 0.101. The van der Waals surface area contributed by atoms with Crippen LogP contribution in [0.15, 0.2) is 43.1 Å². The van der Waals surface area contributed by atoms with Gasteiger partial charge in [-0.2, -0.15) is 0 Å². The van der Waals surface area contributed by atoms with Gasteiger partial charge in [-0.3, -0.25) is 4.57 Å². The van der Waals surface area contributed by atoms with Gasteiger partial charge < -0.3 is 9.72 Å². The Morgan fingerprint density at radius 1 is 1.36 bits per heavy atom. The number of rotatable bonds is 4. The Morgan fingerprint density at radius 2 is 2.23 bits per heavy atom. The zero-order chi connectivity index (χ0) is 15.5. The smallest absolute Gasteiger partial charge is 0.355 e. The second kappa shape index (κ2) is 6.21. The second-order valence-corrected chi connectivity index (χ2v) is 5.20. The number of imidazole rings is 1. The summed E-state index contributed by atoms with van der Waals surface area (Å²) in [4.78, 5) is 22.7. The van der Waals surface area contributed by atoms with Gasteiger partial charge in [0.2, 0.25) is 0 Å². The van der Waals surface area contributed by atoms with Crippen LogP contribution in [-0.4, -0.2) is 25.5 Å². The van der Waals surface area contributed by atoms with Crippen LogP contribution in [0.4, 0.5) is 0 Å². The molecule has 0 amide bonds. The molecule has 3 rings (SSSR count). The quantitative estimate of drug-likeness (QED) is 0.742. The molecule has 3 aromatic heterocycles. The van der Waals surface area contributed by atoms with Gasteiger partial charge in [-0.1, -0.05) is 29.3 Å². The lowest BCUT2D eigenvalue weighted by atomic mass is 10.3. The number of nitrogens with one attached hydrogen (secondary N) is 1. The Morgan fingerprint density at radius 3 is 2.82 bits per heavy atom. The monoisotopic (exact) mass is 336 g/mol. The van der Waals surface area contributed by atoms with Gasteiger partial charge in [0, 0.05) is 24.2 Å². The van der Waals surface area contributed by atoms with Crippen molar-refractivity contribution in [2.45, 2.75) is 6.61 Å². The zero-order valence-corrected chi connectivity index (χ0v) is 12.7. The number of esters is 1. The maximum absolute atomic E-state index is 11.8. The van der Waals surface area contributed by atoms with Crippen molar-refractivity contribution >= 4 is 29.2 Å². The number of ether oxygens (including phenoxy) is 1. The lowest BCUT2D eigenvalue weighted by molar-refractivity contribution is 0.0466. The van der Waals surface area contributed by atoms with Crippen molar-refractivity contribution in [1.82, 2.24) is 19.5 Å². The average molecular weight is 337 g/mol. The number of nitrogens with zero attached hydrogens (tertiary/aromatic N) is 3. The van der Waals surface area contributed by atoms with Crippen LogP contribution in [0, 0.1) is 0 Å². The summed E-state index contributed by atoms with van der Waals surface area (Å²) in [6.07, 6.45) is 6.75. The Bertz CT molecular complexity index is 762. The molecule has 0 radical (unpaired) electrons. The number of halogens is 2. The largest absolute Gasteiger partial charge is 0.456 e. The average Bonchev–Trinajstić information content (AvgIpc) is 3.16. The third-order valence-electron chi connectivity index (χ3n) is 2.89. The number of pyridine rings is 1. The fourth-order valence-electron chi connectivity index (χ4n) is 1.79. The number of carbonyl (C=O) groups is 1. The van der Waals surface area contributed by atoms with Crippen LogP contribution in [0.1, 0.15) is 16.1 Å². The van der Waals surface area contributed by atoms with Gasteiger partial charge in [-0.15, -0.1) is 0 Å². The van der Waals surface area contributed by atoms with Crippen molar-refractivity contribution in [2.24, 2.45) is 0 Å². The Kier molecular flexibility index (Phi) is 4.13. The van der Waals surface area contributed by atoms with E-state index in [1.807, 2.05) is 12.1 Å². The maximum atomic E-state index is 11.8. The van der Waals surface area contributed by atoms with Crippen molar-refractivity contribution in [1.29, 1.82) is 0 Å². The molecule has 0 saturated carbocycles. The molecule has 8 heteroatoms. The van der Waals surface area contributed by atoms with Gasteiger partial charge >= 0.3 is 5.97 Å². The Labute approximate surface area is 135 Å². The van der Waals surface area contributed by atoms with E-state index in [1.54, 1.807) is 29.5 Å². The summed E-state index contributed by atoms with van der Waals surface area (Å²) in [7, 11) is 0. The normalized spacial score (nSPS) is 10.6. The molecule has 3 aromatic rings. The number of H-pyrrole nitrogens is 1. The first-order valence-electron chi connectivity index (χ1n) is 6.28. The highest BCUT2D eigenvalue weighted by atomic mass is 35.5. The molecule has 112 valence electrons. The molecule has 0 bridgehead atoms. The predicted octanol–water partition coefficient (Wildman–Crippen LogP) is 3.26. The van der Waals surface area contributed by atoms with Crippen LogP contribution >= 0.6 is 23.2 Å². The van der Waals surface area contributed by atoms with Crippen LogP contribution < -0.4 is 0 Å². The highest BCUT2D eigenvalue weighted by Gasteiger charge is 2.13. The van der Waals surface area contributed by atoms with Crippen molar-refractivity contribution in [3.63, 3.8) is 0 Å². The fraction of sp³-hybridized carbons (Fsp3) is 0.0714. The first-order valence-corrected chi connectivity index (χ1v) is 7.03. The second-order valence-electron chi connectivity index (χ2n) is 4.42. The van der Waals surface area contributed by atoms with Crippen LogP contribution in [0.5, 0.6) is 0 Å². The highest BCUT2D eigenvalue weighted by molar-refractivity contribution is 6.41. The molecule has 6 nitrogen and oxygen atoms in total. The first-order chi connectivity index (χ1) is 10.6. The topological polar surface area (TPSA) is 72.8 Å². The van der Waals surface area contributed by atoms with E-state index in [1.165, 1.54) is 6.07 Å². The van der Waals surface area contributed by atoms with Gasteiger partial charge in [0.25, 0.3) is 0 Å². The van der Waals surface area contributed by atoms with Gasteiger partial charge in [0.1, 0.15) is 29.6 Å². The lowest BCUT2D eigenvalue weighted by Crippen LogP contribution is -2.06. The van der Waals surface area contributed by atoms with Crippen molar-refractivity contribution < 1.29 is 9.53 Å². The van der Waals surface area contributed by atoms with Crippen LogP contribution in [0.2, 0.25) is 10.2 Å². The maximum Gasteiger partial charge on any atom is 0.355 e. The summed E-state index contributed by atoms with van der Waals surface area (Å²) in [5.41, 5.74) is 0.971. The molecule has 0 unspecified atom stereocenters. The lowest BCUT2D eigenvalue weighted by Gasteiger charge is -2.05. The third kappa shape index (κ3) is 3.13. The molecule has 0 spiro atoms. The van der Waals surface area contributed by atoms with Gasteiger partial charge in [0.05, 0.1) is 5.02 Å². The molecule has 0 atom stereocenters. The van der Waals surface area contributed by atoms with Gasteiger partial charge in [-0.25, -0.2) is 14.8 Å². The molecule has 3 heterocycles. The predicted molar refractivity (Wildman–Crippen MR) is 81.3 cm³/mol. The standard InChI is InChI=1S/C14H10Cl2N4O2/c15-10-5-11(19-13(10)16)14(21)22-7-9-1-2-12(18-6-9)20-4-3-17-8-20/h1-6,8,19H,7H2. The summed E-state index contributed by atoms with van der Waals surface area (Å²) >= 11 is 11.5. The summed E-state index contributed by atoms with van der Waals surface area (Å²) in [5.74, 6) is 0.197. The Hall–Kier alpha value is -2.31. The first kappa shape index (κ1) is 14.6. The van der Waals surface area contributed by atoms with E-state index in [9.17, 15) is 4.79 Å².